The Balaban J connectivity index is 1.34. The standard InChI is InChI=1S/C23H29N3O3/c1-28-22-7-5-21(6-8-22)25-9-11-26(12-10-25)23(27)20-4-2-3-19(17-20)18-24-13-15-29-16-14-24/h2-8,17H,9-16,18H2,1H3. The molecule has 2 saturated heterocycles. The van der Waals surface area contributed by atoms with Crippen molar-refractivity contribution < 1.29 is 14.3 Å². The maximum Gasteiger partial charge on any atom is 0.253 e. The summed E-state index contributed by atoms with van der Waals surface area (Å²) in [5, 5.41) is 0. The summed E-state index contributed by atoms with van der Waals surface area (Å²) in [7, 11) is 1.68. The van der Waals surface area contributed by atoms with Gasteiger partial charge in [-0.25, -0.2) is 0 Å². The van der Waals surface area contributed by atoms with Crippen molar-refractivity contribution in [2.24, 2.45) is 0 Å². The summed E-state index contributed by atoms with van der Waals surface area (Å²) in [4.78, 5) is 19.7. The van der Waals surface area contributed by atoms with Crippen LogP contribution in [-0.4, -0.2) is 75.3 Å². The second-order valence-electron chi connectivity index (χ2n) is 7.57. The number of carbonyl (C=O) groups excluding carboxylic acids is 1. The van der Waals surface area contributed by atoms with Gasteiger partial charge in [0.25, 0.3) is 5.91 Å². The van der Waals surface area contributed by atoms with Crippen LogP contribution in [0.25, 0.3) is 0 Å². The molecular formula is C23H29N3O3. The molecule has 0 radical (unpaired) electrons. The molecule has 0 bridgehead atoms. The number of amides is 1. The van der Waals surface area contributed by atoms with Crippen LogP contribution in [0.2, 0.25) is 0 Å². The third-order valence-electron chi connectivity index (χ3n) is 5.69. The third kappa shape index (κ3) is 4.89. The first kappa shape index (κ1) is 19.7. The molecule has 6 nitrogen and oxygen atoms in total. The van der Waals surface area contributed by atoms with Gasteiger partial charge in [0.15, 0.2) is 0 Å². The lowest BCUT2D eigenvalue weighted by molar-refractivity contribution is 0.0341. The second-order valence-corrected chi connectivity index (χ2v) is 7.57. The van der Waals surface area contributed by atoms with Gasteiger partial charge in [-0.2, -0.15) is 0 Å². The molecule has 0 unspecified atom stereocenters. The number of hydrogen-bond acceptors (Lipinski definition) is 5. The van der Waals surface area contributed by atoms with Crippen molar-refractivity contribution >= 4 is 11.6 Å². The van der Waals surface area contributed by atoms with Gasteiger partial charge in [-0.05, 0) is 42.0 Å². The molecule has 2 aliphatic heterocycles. The number of anilines is 1. The molecule has 0 spiro atoms. The van der Waals surface area contributed by atoms with E-state index in [0.29, 0.717) is 0 Å². The summed E-state index contributed by atoms with van der Waals surface area (Å²) in [5.74, 6) is 0.989. The minimum atomic E-state index is 0.128. The summed E-state index contributed by atoms with van der Waals surface area (Å²) >= 11 is 0. The van der Waals surface area contributed by atoms with E-state index in [-0.39, 0.29) is 5.91 Å². The highest BCUT2D eigenvalue weighted by atomic mass is 16.5. The fourth-order valence-electron chi connectivity index (χ4n) is 3.96. The van der Waals surface area contributed by atoms with Crippen LogP contribution in [0.5, 0.6) is 5.75 Å². The Kier molecular flexibility index (Phi) is 6.32. The van der Waals surface area contributed by atoms with E-state index >= 15 is 0 Å². The highest BCUT2D eigenvalue weighted by Gasteiger charge is 2.22. The van der Waals surface area contributed by atoms with Crippen molar-refractivity contribution in [1.29, 1.82) is 0 Å². The zero-order valence-corrected chi connectivity index (χ0v) is 17.0. The average molecular weight is 396 g/mol. The first-order valence-electron chi connectivity index (χ1n) is 10.3. The summed E-state index contributed by atoms with van der Waals surface area (Å²) in [6.45, 7) is 7.50. The fourth-order valence-corrected chi connectivity index (χ4v) is 3.96. The van der Waals surface area contributed by atoms with Gasteiger partial charge in [-0.15, -0.1) is 0 Å². The smallest absolute Gasteiger partial charge is 0.253 e. The van der Waals surface area contributed by atoms with E-state index < -0.39 is 0 Å². The van der Waals surface area contributed by atoms with E-state index in [2.05, 4.69) is 28.0 Å². The normalized spacial score (nSPS) is 18.0. The minimum Gasteiger partial charge on any atom is -0.497 e. The number of methoxy groups -OCH3 is 1. The molecule has 2 heterocycles. The molecule has 0 saturated carbocycles. The lowest BCUT2D eigenvalue weighted by atomic mass is 10.1. The highest BCUT2D eigenvalue weighted by molar-refractivity contribution is 5.94. The quantitative estimate of drug-likeness (QED) is 0.778. The maximum atomic E-state index is 13.0. The highest BCUT2D eigenvalue weighted by Crippen LogP contribution is 2.21. The Hall–Kier alpha value is -2.57. The van der Waals surface area contributed by atoms with Crippen molar-refractivity contribution in [1.82, 2.24) is 9.80 Å². The number of rotatable bonds is 5. The molecule has 2 aliphatic rings. The second kappa shape index (κ2) is 9.29. The Morgan fingerprint density at radius 1 is 0.966 bits per heavy atom. The molecule has 0 atom stereocenters. The molecule has 2 fully saturated rings. The SMILES string of the molecule is COc1ccc(N2CCN(C(=O)c3cccc(CN4CCOCC4)c3)CC2)cc1. The summed E-state index contributed by atoms with van der Waals surface area (Å²) < 4.78 is 10.6. The lowest BCUT2D eigenvalue weighted by Gasteiger charge is -2.36. The van der Waals surface area contributed by atoms with Crippen LogP contribution in [0.15, 0.2) is 48.5 Å². The van der Waals surface area contributed by atoms with E-state index in [1.807, 2.05) is 35.2 Å². The molecule has 154 valence electrons. The van der Waals surface area contributed by atoms with Crippen LogP contribution in [0, 0.1) is 0 Å². The van der Waals surface area contributed by atoms with Crippen LogP contribution >= 0.6 is 0 Å². The number of carbonyl (C=O) groups is 1. The van der Waals surface area contributed by atoms with Crippen molar-refractivity contribution in [2.75, 3.05) is 64.5 Å². The molecular weight excluding hydrogens is 366 g/mol. The fraction of sp³-hybridized carbons (Fsp3) is 0.435. The van der Waals surface area contributed by atoms with E-state index in [4.69, 9.17) is 9.47 Å². The van der Waals surface area contributed by atoms with E-state index in [1.54, 1.807) is 7.11 Å². The Labute approximate surface area is 172 Å². The predicted octanol–water partition coefficient (Wildman–Crippen LogP) is 2.49. The average Bonchev–Trinajstić information content (AvgIpc) is 2.80. The molecule has 0 aromatic heterocycles. The third-order valence-corrected chi connectivity index (χ3v) is 5.69. The first-order valence-corrected chi connectivity index (χ1v) is 10.3. The number of ether oxygens (including phenoxy) is 2. The monoisotopic (exact) mass is 395 g/mol. The molecule has 6 heteroatoms. The molecule has 0 aliphatic carbocycles. The summed E-state index contributed by atoms with van der Waals surface area (Å²) in [6.07, 6.45) is 0. The molecule has 2 aromatic carbocycles. The van der Waals surface area contributed by atoms with Gasteiger partial charge in [0.2, 0.25) is 0 Å². The minimum absolute atomic E-state index is 0.128. The van der Waals surface area contributed by atoms with E-state index in [9.17, 15) is 4.79 Å². The largest absolute Gasteiger partial charge is 0.497 e. The molecule has 0 N–H and O–H groups in total. The topological polar surface area (TPSA) is 45.2 Å². The van der Waals surface area contributed by atoms with Crippen LogP contribution in [0.3, 0.4) is 0 Å². The Bertz CT molecular complexity index is 810. The number of piperazine rings is 1. The Morgan fingerprint density at radius 3 is 2.38 bits per heavy atom. The van der Waals surface area contributed by atoms with Gasteiger partial charge in [0.1, 0.15) is 5.75 Å². The van der Waals surface area contributed by atoms with Crippen molar-refractivity contribution in [3.05, 3.63) is 59.7 Å². The van der Waals surface area contributed by atoms with Crippen molar-refractivity contribution in [3.63, 3.8) is 0 Å². The van der Waals surface area contributed by atoms with Gasteiger partial charge in [0.05, 0.1) is 20.3 Å². The Morgan fingerprint density at radius 2 is 1.69 bits per heavy atom. The van der Waals surface area contributed by atoms with Crippen LogP contribution in [0.4, 0.5) is 5.69 Å². The van der Waals surface area contributed by atoms with Crippen molar-refractivity contribution in [2.45, 2.75) is 6.54 Å². The van der Waals surface area contributed by atoms with Gasteiger partial charge in [-0.3, -0.25) is 9.69 Å². The van der Waals surface area contributed by atoms with Crippen LogP contribution in [-0.2, 0) is 11.3 Å². The van der Waals surface area contributed by atoms with Crippen molar-refractivity contribution in [3.8, 4) is 5.75 Å². The summed E-state index contributed by atoms with van der Waals surface area (Å²) in [5.41, 5.74) is 3.15. The van der Waals surface area contributed by atoms with Crippen LogP contribution < -0.4 is 9.64 Å². The van der Waals surface area contributed by atoms with E-state index in [0.717, 1.165) is 70.3 Å². The zero-order chi connectivity index (χ0) is 20.1. The summed E-state index contributed by atoms with van der Waals surface area (Å²) in [6, 6.07) is 16.2. The molecule has 2 aromatic rings. The van der Waals surface area contributed by atoms with Gasteiger partial charge in [0, 0.05) is 57.1 Å². The molecule has 1 amide bonds. The lowest BCUT2D eigenvalue weighted by Crippen LogP contribution is -2.48. The van der Waals surface area contributed by atoms with Gasteiger partial charge < -0.3 is 19.3 Å². The predicted molar refractivity (Wildman–Crippen MR) is 114 cm³/mol. The van der Waals surface area contributed by atoms with Gasteiger partial charge >= 0.3 is 0 Å². The first-order chi connectivity index (χ1) is 14.2. The molecule has 29 heavy (non-hydrogen) atoms. The number of benzene rings is 2. The van der Waals surface area contributed by atoms with Gasteiger partial charge in [-0.1, -0.05) is 12.1 Å². The number of hydrogen-bond donors (Lipinski definition) is 0. The maximum absolute atomic E-state index is 13.0. The number of nitrogens with zero attached hydrogens (tertiary/aromatic N) is 3. The van der Waals surface area contributed by atoms with E-state index in [1.165, 1.54) is 11.3 Å². The number of morpholine rings is 1. The molecule has 4 rings (SSSR count). The van der Waals surface area contributed by atoms with Crippen LogP contribution in [0.1, 0.15) is 15.9 Å². The zero-order valence-electron chi connectivity index (χ0n) is 17.0.